The molecule has 3 aromatic rings. The van der Waals surface area contributed by atoms with Gasteiger partial charge >= 0.3 is 17.9 Å². The molecule has 0 spiro atoms. The molecule has 0 aromatic heterocycles. The van der Waals surface area contributed by atoms with E-state index in [2.05, 4.69) is 21.9 Å². The van der Waals surface area contributed by atoms with Gasteiger partial charge in [-0.05, 0) is 50.1 Å². The maximum atomic E-state index is 13.9. The van der Waals surface area contributed by atoms with E-state index in [1.165, 1.54) is 24.8 Å². The Kier molecular flexibility index (Phi) is 10.6. The largest absolute Gasteiger partial charge is 0.493 e. The number of piperazine rings is 1. The Morgan fingerprint density at radius 2 is 1.81 bits per heavy atom. The van der Waals surface area contributed by atoms with Crippen LogP contribution in [0, 0.1) is 25.2 Å². The van der Waals surface area contributed by atoms with Crippen LogP contribution in [0.5, 0.6) is 28.7 Å². The molecule has 0 amide bonds. The molecular formula is C42H43N3O11S. The second-order valence-electron chi connectivity index (χ2n) is 14.6. The highest BCUT2D eigenvalue weighted by atomic mass is 32.2. The molecule has 298 valence electrons. The van der Waals surface area contributed by atoms with Gasteiger partial charge in [-0.3, -0.25) is 14.6 Å². The number of thioether (sulfide) groups is 1. The average molecular weight is 798 g/mol. The van der Waals surface area contributed by atoms with Crippen LogP contribution in [0.1, 0.15) is 63.2 Å². The molecule has 3 aromatic carbocycles. The van der Waals surface area contributed by atoms with Crippen LogP contribution in [-0.2, 0) is 35.0 Å². The topological polar surface area (TPSA) is 155 Å². The third kappa shape index (κ3) is 6.54. The molecule has 6 heterocycles. The lowest BCUT2D eigenvalue weighted by molar-refractivity contribution is -0.167. The van der Waals surface area contributed by atoms with E-state index in [9.17, 15) is 19.6 Å². The maximum Gasteiger partial charge on any atom is 0.348 e. The number of carbonyl (C=O) groups excluding carboxylic acids is 3. The summed E-state index contributed by atoms with van der Waals surface area (Å²) in [7, 11) is 5.16. The van der Waals surface area contributed by atoms with Gasteiger partial charge in [0.25, 0.3) is 0 Å². The molecule has 57 heavy (non-hydrogen) atoms. The molecular weight excluding hydrogens is 755 g/mol. The van der Waals surface area contributed by atoms with Crippen molar-refractivity contribution in [2.75, 3.05) is 47.2 Å². The summed E-state index contributed by atoms with van der Waals surface area (Å²) in [5, 5.41) is 10.5. The predicted octanol–water partition coefficient (Wildman–Crippen LogP) is 5.13. The van der Waals surface area contributed by atoms with Crippen molar-refractivity contribution in [1.29, 1.82) is 5.26 Å². The van der Waals surface area contributed by atoms with E-state index in [-0.39, 0.29) is 32.0 Å². The lowest BCUT2D eigenvalue weighted by Gasteiger charge is -2.61. The van der Waals surface area contributed by atoms with Crippen molar-refractivity contribution in [1.82, 2.24) is 9.80 Å². The average Bonchev–Trinajstić information content (AvgIpc) is 3.69. The van der Waals surface area contributed by atoms with E-state index >= 15 is 0 Å². The smallest absolute Gasteiger partial charge is 0.348 e. The predicted molar refractivity (Wildman–Crippen MR) is 206 cm³/mol. The van der Waals surface area contributed by atoms with Gasteiger partial charge in [-0.1, -0.05) is 36.4 Å². The fourth-order valence-corrected chi connectivity index (χ4v) is 10.7. The van der Waals surface area contributed by atoms with Crippen LogP contribution in [0.3, 0.4) is 0 Å². The molecule has 2 saturated heterocycles. The van der Waals surface area contributed by atoms with Crippen LogP contribution < -0.4 is 23.7 Å². The van der Waals surface area contributed by atoms with E-state index in [1.54, 1.807) is 20.3 Å². The quantitative estimate of drug-likeness (QED) is 0.128. The van der Waals surface area contributed by atoms with Gasteiger partial charge in [-0.25, -0.2) is 9.59 Å². The number of nitriles is 1. The summed E-state index contributed by atoms with van der Waals surface area (Å²) >= 11 is 1.36. The zero-order chi connectivity index (χ0) is 40.1. The number of aryl methyl sites for hydroxylation is 1. The van der Waals surface area contributed by atoms with Crippen LogP contribution in [0.25, 0.3) is 6.08 Å². The van der Waals surface area contributed by atoms with Gasteiger partial charge in [0.1, 0.15) is 18.4 Å². The van der Waals surface area contributed by atoms with E-state index in [0.29, 0.717) is 51.9 Å². The normalized spacial score (nSPS) is 26.1. The molecule has 0 radical (unpaired) electrons. The summed E-state index contributed by atoms with van der Waals surface area (Å²) in [5.41, 5.74) is 5.40. The first kappa shape index (κ1) is 38.6. The number of ether oxygens (including phenoxy) is 8. The van der Waals surface area contributed by atoms with Gasteiger partial charge in [0, 0.05) is 60.2 Å². The molecule has 15 heteroatoms. The number of rotatable bonds is 8. The molecule has 14 nitrogen and oxygen atoms in total. The number of likely N-dealkylation sites (N-methyl/N-ethyl adjacent to an activating group) is 1. The zero-order valence-corrected chi connectivity index (χ0v) is 33.3. The van der Waals surface area contributed by atoms with Crippen LogP contribution in [0.15, 0.2) is 42.5 Å². The van der Waals surface area contributed by atoms with Crippen LogP contribution >= 0.6 is 11.8 Å². The standard InChI is InChI=1S/C42H43N3O11S/c1-21-14-25-15-26-27(16-43)45-28-17-51-42(48)29(56-30(47)13-12-24-10-8-7-9-11-24)18-57-41(33-32(28)40-38(53-20-54-40)22(2)37(33)55-23(3)46)35(45)34(44(26)4)31(25)39(36(21)50-6)52-19-49-5/h7-14,26-29,34-35,41H,15,17-20H2,1-6H3/t26-,27+,28+,29+,34+,35?,41-/m1/s1. The first-order valence-electron chi connectivity index (χ1n) is 18.6. The number of carbonyl (C=O) groups is 3. The number of esters is 3. The third-order valence-corrected chi connectivity index (χ3v) is 12.8. The fourth-order valence-electron chi connectivity index (χ4n) is 9.18. The van der Waals surface area contributed by atoms with Crippen LogP contribution in [0.4, 0.5) is 0 Å². The molecule has 9 rings (SSSR count). The summed E-state index contributed by atoms with van der Waals surface area (Å²) in [6.45, 7) is 4.77. The van der Waals surface area contributed by atoms with Crippen LogP contribution in [0.2, 0.25) is 0 Å². The van der Waals surface area contributed by atoms with Gasteiger partial charge in [-0.2, -0.15) is 5.26 Å². The second kappa shape index (κ2) is 15.6. The SMILES string of the molecule is COCOc1c(OC)c(C)cc2c1[C@H]1C3[C@@H]4SC[C@H](OC(=O)C=Cc5ccccc5)C(=O)OC[C@@H](c5c6c(c(C)c(OC(C)=O)c54)OCO6)N3[C@@H](C#N)[C@@H](C2)N1C. The first-order chi connectivity index (χ1) is 27.6. The summed E-state index contributed by atoms with van der Waals surface area (Å²) in [4.78, 5) is 44.4. The van der Waals surface area contributed by atoms with Crippen LogP contribution in [-0.4, -0.2) is 99.2 Å². The maximum absolute atomic E-state index is 13.9. The highest BCUT2D eigenvalue weighted by Crippen LogP contribution is 2.64. The third-order valence-electron chi connectivity index (χ3n) is 11.4. The van der Waals surface area contributed by atoms with Gasteiger partial charge in [0.15, 0.2) is 29.8 Å². The van der Waals surface area contributed by atoms with E-state index in [1.807, 2.05) is 51.2 Å². The van der Waals surface area contributed by atoms with Gasteiger partial charge in [0.05, 0.1) is 30.5 Å². The number of nitrogens with zero attached hydrogens (tertiary/aromatic N) is 3. The van der Waals surface area contributed by atoms with E-state index in [0.717, 1.165) is 22.3 Å². The fraction of sp³-hybridized carbons (Fsp3) is 0.429. The Bertz CT molecular complexity index is 2190. The Balaban J connectivity index is 1.33. The molecule has 2 fully saturated rings. The number of methoxy groups -OCH3 is 2. The van der Waals surface area contributed by atoms with Gasteiger partial charge < -0.3 is 37.9 Å². The highest BCUT2D eigenvalue weighted by molar-refractivity contribution is 7.99. The molecule has 0 aliphatic carbocycles. The Labute approximate surface area is 334 Å². The molecule has 4 bridgehead atoms. The van der Waals surface area contributed by atoms with Crippen molar-refractivity contribution in [3.63, 3.8) is 0 Å². The molecule has 0 saturated carbocycles. The van der Waals surface area contributed by atoms with Gasteiger partial charge in [0.2, 0.25) is 12.9 Å². The molecule has 7 atom stereocenters. The Morgan fingerprint density at radius 3 is 2.53 bits per heavy atom. The highest BCUT2D eigenvalue weighted by Gasteiger charge is 2.61. The summed E-state index contributed by atoms with van der Waals surface area (Å²) < 4.78 is 47.9. The molecule has 1 unspecified atom stereocenters. The number of hydrogen-bond donors (Lipinski definition) is 0. The number of benzene rings is 3. The minimum atomic E-state index is -1.28. The second-order valence-corrected chi connectivity index (χ2v) is 15.8. The Hall–Kier alpha value is -5.27. The summed E-state index contributed by atoms with van der Waals surface area (Å²) in [6, 6.07) is 11.3. The van der Waals surface area contributed by atoms with Crippen molar-refractivity contribution in [3.8, 4) is 34.8 Å². The monoisotopic (exact) mass is 797 g/mol. The zero-order valence-electron chi connectivity index (χ0n) is 32.4. The lowest BCUT2D eigenvalue weighted by Crippen LogP contribution is -2.69. The Morgan fingerprint density at radius 1 is 1.04 bits per heavy atom. The van der Waals surface area contributed by atoms with E-state index in [4.69, 9.17) is 37.9 Å². The van der Waals surface area contributed by atoms with Crippen molar-refractivity contribution in [2.45, 2.75) is 68.8 Å². The molecule has 6 aliphatic rings. The van der Waals surface area contributed by atoms with Gasteiger partial charge in [-0.15, -0.1) is 11.8 Å². The van der Waals surface area contributed by atoms with Crippen molar-refractivity contribution in [2.24, 2.45) is 0 Å². The minimum Gasteiger partial charge on any atom is -0.493 e. The molecule has 6 aliphatic heterocycles. The minimum absolute atomic E-state index is 0.0238. The number of hydrogen-bond acceptors (Lipinski definition) is 15. The first-order valence-corrected chi connectivity index (χ1v) is 19.7. The molecule has 0 N–H and O–H groups in total. The van der Waals surface area contributed by atoms with Crippen molar-refractivity contribution < 1.29 is 52.3 Å². The van der Waals surface area contributed by atoms with Crippen molar-refractivity contribution in [3.05, 3.63) is 81.4 Å². The van der Waals surface area contributed by atoms with Crippen molar-refractivity contribution >= 4 is 35.7 Å². The summed E-state index contributed by atoms with van der Waals surface area (Å²) in [5.74, 6) is 0.274. The lowest BCUT2D eigenvalue weighted by atomic mass is 9.71. The summed E-state index contributed by atoms with van der Waals surface area (Å²) in [6.07, 6.45) is 2.13. The number of fused-ring (bicyclic) bond motifs is 10. The van der Waals surface area contributed by atoms with E-state index < -0.39 is 53.4 Å².